The van der Waals surface area contributed by atoms with Gasteiger partial charge in [-0.15, -0.1) is 0 Å². The van der Waals surface area contributed by atoms with Crippen LogP contribution in [0.25, 0.3) is 0 Å². The van der Waals surface area contributed by atoms with Crippen LogP contribution in [-0.4, -0.2) is 39.3 Å². The van der Waals surface area contributed by atoms with Crippen molar-refractivity contribution in [3.05, 3.63) is 53.6 Å². The van der Waals surface area contributed by atoms with Crippen LogP contribution in [0, 0.1) is 11.3 Å². The second-order valence-electron chi connectivity index (χ2n) is 5.40. The number of aromatic nitrogens is 2. The summed E-state index contributed by atoms with van der Waals surface area (Å²) in [6.07, 6.45) is 3.56. The molecule has 0 saturated carbocycles. The highest BCUT2D eigenvalue weighted by Gasteiger charge is 2.32. The molecule has 1 atom stereocenters. The summed E-state index contributed by atoms with van der Waals surface area (Å²) in [4.78, 5) is 32.8. The van der Waals surface area contributed by atoms with Crippen LogP contribution < -0.4 is 5.32 Å². The number of hydrogen-bond donors (Lipinski definition) is 2. The fraction of sp³-hybridized carbons (Fsp3) is 0.250. The Balaban J connectivity index is 1.71. The third-order valence-corrected chi connectivity index (χ3v) is 3.71. The second-order valence-corrected chi connectivity index (χ2v) is 5.40. The maximum absolute atomic E-state index is 12.5. The number of benzene rings is 1. The molecule has 1 aromatic heterocycles. The molecular formula is C16H15N5O2. The van der Waals surface area contributed by atoms with Crippen molar-refractivity contribution in [2.45, 2.75) is 19.0 Å². The summed E-state index contributed by atoms with van der Waals surface area (Å²) in [5.74, 6) is -0.300. The van der Waals surface area contributed by atoms with Gasteiger partial charge in [-0.1, -0.05) is 12.1 Å². The molecule has 0 radical (unpaired) electrons. The van der Waals surface area contributed by atoms with E-state index in [1.54, 1.807) is 36.8 Å². The van der Waals surface area contributed by atoms with E-state index in [0.29, 0.717) is 18.5 Å². The van der Waals surface area contributed by atoms with Gasteiger partial charge in [-0.3, -0.25) is 9.59 Å². The van der Waals surface area contributed by atoms with Crippen LogP contribution in [0.2, 0.25) is 0 Å². The highest BCUT2D eigenvalue weighted by Crippen LogP contribution is 2.13. The van der Waals surface area contributed by atoms with Crippen molar-refractivity contribution in [1.82, 2.24) is 20.2 Å². The zero-order valence-electron chi connectivity index (χ0n) is 12.3. The lowest BCUT2D eigenvalue weighted by atomic mass is 10.1. The number of nitriles is 1. The number of H-pyrrole nitrogens is 1. The molecule has 2 aromatic rings. The highest BCUT2D eigenvalue weighted by atomic mass is 16.2. The van der Waals surface area contributed by atoms with Gasteiger partial charge in [0.25, 0.3) is 0 Å². The molecule has 1 aliphatic heterocycles. The SMILES string of the molecule is N#Cc1ccc(CN2CC(=O)NC(Cc3cnc[nH]3)C2=O)cc1. The second kappa shape index (κ2) is 6.32. The van der Waals surface area contributed by atoms with E-state index in [4.69, 9.17) is 5.26 Å². The Labute approximate surface area is 132 Å². The summed E-state index contributed by atoms with van der Waals surface area (Å²) in [7, 11) is 0. The standard InChI is InChI=1S/C16H15N5O2/c17-6-11-1-3-12(4-2-11)8-21-9-15(22)20-14(16(21)23)5-13-7-18-10-19-13/h1-4,7,10,14H,5,8-9H2,(H,18,19)(H,20,22). The van der Waals surface area contributed by atoms with E-state index in [2.05, 4.69) is 21.4 Å². The number of rotatable bonds is 4. The Morgan fingerprint density at radius 2 is 2.09 bits per heavy atom. The fourth-order valence-electron chi connectivity index (χ4n) is 2.57. The quantitative estimate of drug-likeness (QED) is 0.850. The Morgan fingerprint density at radius 1 is 1.30 bits per heavy atom. The first-order valence-corrected chi connectivity index (χ1v) is 7.20. The van der Waals surface area contributed by atoms with Crippen molar-refractivity contribution in [3.8, 4) is 6.07 Å². The van der Waals surface area contributed by atoms with E-state index in [9.17, 15) is 9.59 Å². The molecule has 0 spiro atoms. The predicted octanol–water partition coefficient (Wildman–Crippen LogP) is 0.351. The van der Waals surface area contributed by atoms with Crippen molar-refractivity contribution < 1.29 is 9.59 Å². The number of carbonyl (C=O) groups excluding carboxylic acids is 2. The minimum Gasteiger partial charge on any atom is -0.348 e. The molecule has 1 aromatic carbocycles. The first-order chi connectivity index (χ1) is 11.2. The fourth-order valence-corrected chi connectivity index (χ4v) is 2.57. The molecule has 7 nitrogen and oxygen atoms in total. The van der Waals surface area contributed by atoms with Gasteiger partial charge in [-0.2, -0.15) is 5.26 Å². The van der Waals surface area contributed by atoms with E-state index in [1.165, 1.54) is 4.90 Å². The molecule has 116 valence electrons. The normalized spacial score (nSPS) is 17.7. The number of nitrogens with zero attached hydrogens (tertiary/aromatic N) is 3. The van der Waals surface area contributed by atoms with Crippen LogP contribution >= 0.6 is 0 Å². The Hall–Kier alpha value is -3.14. The van der Waals surface area contributed by atoms with E-state index < -0.39 is 6.04 Å². The number of hydrogen-bond acceptors (Lipinski definition) is 4. The molecule has 3 rings (SSSR count). The predicted molar refractivity (Wildman–Crippen MR) is 80.8 cm³/mol. The third kappa shape index (κ3) is 3.37. The van der Waals surface area contributed by atoms with Crippen molar-refractivity contribution in [2.24, 2.45) is 0 Å². The van der Waals surface area contributed by atoms with E-state index >= 15 is 0 Å². The van der Waals surface area contributed by atoms with Crippen molar-refractivity contribution in [3.63, 3.8) is 0 Å². The summed E-state index contributed by atoms with van der Waals surface area (Å²) in [6, 6.07) is 8.45. The molecule has 2 amide bonds. The van der Waals surface area contributed by atoms with E-state index in [0.717, 1.165) is 11.3 Å². The van der Waals surface area contributed by atoms with Crippen LogP contribution in [0.4, 0.5) is 0 Å². The summed E-state index contributed by atoms with van der Waals surface area (Å²) in [5, 5.41) is 11.5. The molecule has 23 heavy (non-hydrogen) atoms. The highest BCUT2D eigenvalue weighted by molar-refractivity contribution is 5.94. The molecule has 0 aliphatic carbocycles. The van der Waals surface area contributed by atoms with E-state index in [-0.39, 0.29) is 18.4 Å². The van der Waals surface area contributed by atoms with Gasteiger partial charge in [0, 0.05) is 24.9 Å². The average Bonchev–Trinajstić information content (AvgIpc) is 3.05. The zero-order chi connectivity index (χ0) is 16.2. The van der Waals surface area contributed by atoms with Crippen LogP contribution in [0.15, 0.2) is 36.8 Å². The zero-order valence-corrected chi connectivity index (χ0v) is 12.3. The summed E-state index contributed by atoms with van der Waals surface area (Å²) in [5.41, 5.74) is 2.24. The number of imidazole rings is 1. The molecule has 2 heterocycles. The lowest BCUT2D eigenvalue weighted by Crippen LogP contribution is -2.58. The summed E-state index contributed by atoms with van der Waals surface area (Å²) >= 11 is 0. The smallest absolute Gasteiger partial charge is 0.246 e. The average molecular weight is 309 g/mol. The van der Waals surface area contributed by atoms with Crippen molar-refractivity contribution in [2.75, 3.05) is 6.54 Å². The number of amides is 2. The molecule has 2 N–H and O–H groups in total. The monoisotopic (exact) mass is 309 g/mol. The lowest BCUT2D eigenvalue weighted by Gasteiger charge is -2.32. The Morgan fingerprint density at radius 3 is 2.74 bits per heavy atom. The van der Waals surface area contributed by atoms with Crippen molar-refractivity contribution in [1.29, 1.82) is 5.26 Å². The lowest BCUT2D eigenvalue weighted by molar-refractivity contribution is -0.144. The van der Waals surface area contributed by atoms with Crippen LogP contribution in [0.3, 0.4) is 0 Å². The summed E-state index contributed by atoms with van der Waals surface area (Å²) < 4.78 is 0. The number of nitrogens with one attached hydrogen (secondary N) is 2. The minimum atomic E-state index is -0.588. The summed E-state index contributed by atoms with van der Waals surface area (Å²) in [6.45, 7) is 0.385. The maximum atomic E-state index is 12.5. The van der Waals surface area contributed by atoms with Crippen LogP contribution in [0.5, 0.6) is 0 Å². The third-order valence-electron chi connectivity index (χ3n) is 3.71. The van der Waals surface area contributed by atoms with Crippen LogP contribution in [0.1, 0.15) is 16.8 Å². The number of piperazine rings is 1. The van der Waals surface area contributed by atoms with E-state index in [1.807, 2.05) is 0 Å². The van der Waals surface area contributed by atoms with Gasteiger partial charge >= 0.3 is 0 Å². The Kier molecular flexibility index (Phi) is 4.06. The topological polar surface area (TPSA) is 102 Å². The van der Waals surface area contributed by atoms with Gasteiger partial charge in [0.15, 0.2) is 0 Å². The first-order valence-electron chi connectivity index (χ1n) is 7.20. The molecule has 1 aliphatic rings. The first kappa shape index (κ1) is 14.8. The van der Waals surface area contributed by atoms with Gasteiger partial charge in [-0.25, -0.2) is 4.98 Å². The van der Waals surface area contributed by atoms with Gasteiger partial charge in [0.05, 0.1) is 24.5 Å². The largest absolute Gasteiger partial charge is 0.348 e. The van der Waals surface area contributed by atoms with Crippen molar-refractivity contribution >= 4 is 11.8 Å². The minimum absolute atomic E-state index is 0.0400. The molecule has 7 heteroatoms. The van der Waals surface area contributed by atoms with Gasteiger partial charge in [0.1, 0.15) is 6.04 Å². The molecule has 1 saturated heterocycles. The number of carbonyl (C=O) groups is 2. The van der Waals surface area contributed by atoms with Crippen LogP contribution in [-0.2, 0) is 22.6 Å². The molecule has 1 fully saturated rings. The number of aromatic amines is 1. The van der Waals surface area contributed by atoms with Gasteiger partial charge < -0.3 is 15.2 Å². The maximum Gasteiger partial charge on any atom is 0.246 e. The molecule has 1 unspecified atom stereocenters. The Bertz CT molecular complexity index is 746. The molecule has 0 bridgehead atoms. The molecular weight excluding hydrogens is 294 g/mol. The van der Waals surface area contributed by atoms with Gasteiger partial charge in [0.2, 0.25) is 11.8 Å². The van der Waals surface area contributed by atoms with Gasteiger partial charge in [-0.05, 0) is 17.7 Å².